The van der Waals surface area contributed by atoms with Gasteiger partial charge in [0.25, 0.3) is 0 Å². The average molecular weight is 316 g/mol. The molecule has 7 heteroatoms. The van der Waals surface area contributed by atoms with Gasteiger partial charge >= 0.3 is 12.2 Å². The molecule has 0 fully saturated rings. The largest absolute Gasteiger partial charge is 0.416 e. The second kappa shape index (κ2) is 6.16. The van der Waals surface area contributed by atoms with Crippen molar-refractivity contribution in [1.82, 2.24) is 10.2 Å². The molecule has 22 heavy (non-hydrogen) atoms. The van der Waals surface area contributed by atoms with E-state index in [-0.39, 0.29) is 12.0 Å². The van der Waals surface area contributed by atoms with Gasteiger partial charge in [0.15, 0.2) is 6.10 Å². The minimum atomic E-state index is -4.73. The van der Waals surface area contributed by atoms with Crippen LogP contribution in [0.25, 0.3) is 0 Å². The number of alkyl halides is 3. The maximum absolute atomic E-state index is 12.3. The predicted octanol–water partition coefficient (Wildman–Crippen LogP) is 2.48. The van der Waals surface area contributed by atoms with Crippen LogP contribution in [0, 0.1) is 5.92 Å². The van der Waals surface area contributed by atoms with Crippen LogP contribution in [0.5, 0.6) is 0 Å². The number of aliphatic hydroxyl groups is 1. The van der Waals surface area contributed by atoms with E-state index in [1.54, 1.807) is 0 Å². The third kappa shape index (κ3) is 3.52. The van der Waals surface area contributed by atoms with Crippen LogP contribution < -0.4 is 5.32 Å². The molecule has 0 saturated heterocycles. The number of likely N-dealkylation sites (N-methyl/N-ethyl adjacent to an activating group) is 1. The summed E-state index contributed by atoms with van der Waals surface area (Å²) in [6, 6.07) is 6.82. The molecule has 2 amide bonds. The molecule has 1 aliphatic carbocycles. The molecule has 0 saturated carbocycles. The molecule has 0 aliphatic heterocycles. The molecule has 1 aliphatic rings. The normalized spacial score (nSPS) is 22.1. The van der Waals surface area contributed by atoms with Crippen molar-refractivity contribution in [3.05, 3.63) is 35.4 Å². The highest BCUT2D eigenvalue weighted by molar-refractivity contribution is 5.74. The number of carbonyl (C=O) groups excluding carboxylic acids is 1. The monoisotopic (exact) mass is 316 g/mol. The van der Waals surface area contributed by atoms with Gasteiger partial charge < -0.3 is 15.3 Å². The number of amides is 2. The van der Waals surface area contributed by atoms with Gasteiger partial charge in [0, 0.05) is 7.05 Å². The molecule has 0 spiro atoms. The Morgan fingerprint density at radius 3 is 2.73 bits per heavy atom. The molecular formula is C15H19F3N2O2. The number of carbonyl (C=O) groups is 1. The van der Waals surface area contributed by atoms with E-state index >= 15 is 0 Å². The molecule has 4 nitrogen and oxygen atoms in total. The minimum absolute atomic E-state index is 0.169. The Balaban J connectivity index is 2.00. The van der Waals surface area contributed by atoms with Crippen LogP contribution in [0.4, 0.5) is 18.0 Å². The summed E-state index contributed by atoms with van der Waals surface area (Å²) in [7, 11) is 1.23. The minimum Gasteiger partial charge on any atom is -0.382 e. The molecule has 0 aromatic heterocycles. The molecule has 3 atom stereocenters. The van der Waals surface area contributed by atoms with Crippen molar-refractivity contribution in [2.75, 3.05) is 13.6 Å². The smallest absolute Gasteiger partial charge is 0.382 e. The van der Waals surface area contributed by atoms with Crippen LogP contribution in [0.3, 0.4) is 0 Å². The summed E-state index contributed by atoms with van der Waals surface area (Å²) in [5.74, 6) is 0.169. The van der Waals surface area contributed by atoms with Crippen molar-refractivity contribution < 1.29 is 23.1 Å². The van der Waals surface area contributed by atoms with E-state index in [0.717, 1.165) is 22.4 Å². The Hall–Kier alpha value is -1.76. The first-order valence-electron chi connectivity index (χ1n) is 7.04. The number of aliphatic hydroxyl groups excluding tert-OH is 1. The Kier molecular flexibility index (Phi) is 4.65. The van der Waals surface area contributed by atoms with E-state index in [9.17, 15) is 18.0 Å². The van der Waals surface area contributed by atoms with Gasteiger partial charge in [-0.2, -0.15) is 13.2 Å². The van der Waals surface area contributed by atoms with Crippen molar-refractivity contribution >= 4 is 6.03 Å². The molecule has 2 N–H and O–H groups in total. The van der Waals surface area contributed by atoms with Crippen molar-refractivity contribution in [2.45, 2.75) is 31.7 Å². The van der Waals surface area contributed by atoms with Crippen molar-refractivity contribution in [2.24, 2.45) is 5.92 Å². The topological polar surface area (TPSA) is 52.6 Å². The number of halogens is 3. The molecule has 0 heterocycles. The Bertz CT molecular complexity index is 548. The van der Waals surface area contributed by atoms with Gasteiger partial charge in [0.05, 0.1) is 12.6 Å². The first-order valence-corrected chi connectivity index (χ1v) is 7.04. The standard InChI is InChI=1S/C15H19F3N2O2/c1-9-7-10-5-3-4-6-11(10)13(9)19-14(22)20(2)8-12(21)15(16,17)18/h3-6,9,12-13,21H,7-8H2,1-2H3,(H,19,22). The Morgan fingerprint density at radius 1 is 1.45 bits per heavy atom. The molecule has 1 aromatic carbocycles. The number of benzene rings is 1. The van der Waals surface area contributed by atoms with E-state index in [2.05, 4.69) is 5.32 Å². The van der Waals surface area contributed by atoms with Crippen molar-refractivity contribution in [3.63, 3.8) is 0 Å². The number of urea groups is 1. The molecule has 2 rings (SSSR count). The lowest BCUT2D eigenvalue weighted by Crippen LogP contribution is -2.46. The van der Waals surface area contributed by atoms with Crippen molar-refractivity contribution in [3.8, 4) is 0 Å². The van der Waals surface area contributed by atoms with E-state index in [0.29, 0.717) is 0 Å². The van der Waals surface area contributed by atoms with Crippen LogP contribution in [0.1, 0.15) is 24.1 Å². The summed E-state index contributed by atoms with van der Waals surface area (Å²) in [5, 5.41) is 11.8. The SMILES string of the molecule is CC1Cc2ccccc2C1NC(=O)N(C)CC(O)C(F)(F)F. The van der Waals surface area contributed by atoms with Gasteiger partial charge in [0.1, 0.15) is 0 Å². The second-order valence-electron chi connectivity index (χ2n) is 5.75. The van der Waals surface area contributed by atoms with E-state index in [1.165, 1.54) is 7.05 Å². The lowest BCUT2D eigenvalue weighted by molar-refractivity contribution is -0.205. The highest BCUT2D eigenvalue weighted by Gasteiger charge is 2.40. The lowest BCUT2D eigenvalue weighted by Gasteiger charge is -2.26. The number of hydrogen-bond donors (Lipinski definition) is 2. The fraction of sp³-hybridized carbons (Fsp3) is 0.533. The fourth-order valence-electron chi connectivity index (χ4n) is 2.70. The molecular weight excluding hydrogens is 297 g/mol. The molecule has 0 bridgehead atoms. The fourth-order valence-corrected chi connectivity index (χ4v) is 2.70. The number of fused-ring (bicyclic) bond motifs is 1. The summed E-state index contributed by atoms with van der Waals surface area (Å²) >= 11 is 0. The quantitative estimate of drug-likeness (QED) is 0.900. The summed E-state index contributed by atoms with van der Waals surface area (Å²) in [6.45, 7) is 1.19. The Labute approximate surface area is 126 Å². The highest BCUT2D eigenvalue weighted by atomic mass is 19.4. The summed E-state index contributed by atoms with van der Waals surface area (Å²) in [4.78, 5) is 12.9. The second-order valence-corrected chi connectivity index (χ2v) is 5.75. The zero-order chi connectivity index (χ0) is 16.5. The number of nitrogens with zero attached hydrogens (tertiary/aromatic N) is 1. The number of nitrogens with one attached hydrogen (secondary N) is 1. The molecule has 3 unspecified atom stereocenters. The van der Waals surface area contributed by atoms with Crippen LogP contribution in [0.15, 0.2) is 24.3 Å². The highest BCUT2D eigenvalue weighted by Crippen LogP contribution is 2.35. The average Bonchev–Trinajstić information content (AvgIpc) is 2.74. The van der Waals surface area contributed by atoms with Crippen LogP contribution in [-0.4, -0.2) is 41.9 Å². The molecule has 0 radical (unpaired) electrons. The molecule has 1 aromatic rings. The molecule has 122 valence electrons. The number of hydrogen-bond acceptors (Lipinski definition) is 2. The van der Waals surface area contributed by atoms with E-state index in [4.69, 9.17) is 5.11 Å². The van der Waals surface area contributed by atoms with Crippen LogP contribution >= 0.6 is 0 Å². The maximum atomic E-state index is 12.3. The van der Waals surface area contributed by atoms with E-state index < -0.39 is 24.9 Å². The van der Waals surface area contributed by atoms with Gasteiger partial charge in [-0.05, 0) is 23.5 Å². The number of rotatable bonds is 3. The zero-order valence-corrected chi connectivity index (χ0v) is 12.4. The van der Waals surface area contributed by atoms with Crippen LogP contribution in [0.2, 0.25) is 0 Å². The van der Waals surface area contributed by atoms with Gasteiger partial charge in [-0.25, -0.2) is 4.79 Å². The van der Waals surface area contributed by atoms with E-state index in [1.807, 2.05) is 31.2 Å². The third-order valence-electron chi connectivity index (χ3n) is 3.95. The van der Waals surface area contributed by atoms with Gasteiger partial charge in [-0.1, -0.05) is 31.2 Å². The third-order valence-corrected chi connectivity index (χ3v) is 3.95. The zero-order valence-electron chi connectivity index (χ0n) is 12.4. The summed E-state index contributed by atoms with van der Waals surface area (Å²) in [6.07, 6.45) is -6.46. The predicted molar refractivity (Wildman–Crippen MR) is 75.3 cm³/mol. The first kappa shape index (κ1) is 16.6. The first-order chi connectivity index (χ1) is 10.2. The van der Waals surface area contributed by atoms with Gasteiger partial charge in [-0.15, -0.1) is 0 Å². The Morgan fingerprint density at radius 2 is 2.09 bits per heavy atom. The maximum Gasteiger partial charge on any atom is 0.416 e. The summed E-state index contributed by atoms with van der Waals surface area (Å²) in [5.41, 5.74) is 2.13. The van der Waals surface area contributed by atoms with Crippen LogP contribution in [-0.2, 0) is 6.42 Å². The van der Waals surface area contributed by atoms with Crippen molar-refractivity contribution in [1.29, 1.82) is 0 Å². The van der Waals surface area contributed by atoms with Gasteiger partial charge in [0.2, 0.25) is 0 Å². The summed E-state index contributed by atoms with van der Waals surface area (Å²) < 4.78 is 37.0. The lowest BCUT2D eigenvalue weighted by atomic mass is 10.0. The van der Waals surface area contributed by atoms with Gasteiger partial charge in [-0.3, -0.25) is 0 Å².